The number of carbonyl (C=O) groups is 14. The fourth-order valence-corrected chi connectivity index (χ4v) is 7.32. The highest BCUT2D eigenvalue weighted by atomic mass is 32.2. The lowest BCUT2D eigenvalue weighted by Crippen LogP contribution is -2.45. The Morgan fingerprint density at radius 2 is 0.917 bits per heavy atom. The number of primary amides is 4. The maximum Gasteiger partial charge on any atom is 0.253 e. The minimum Gasteiger partial charge on any atom is -0.368 e. The number of thioether (sulfide) groups is 1. The summed E-state index contributed by atoms with van der Waals surface area (Å²) in [5.41, 5.74) is 20.5. The molecule has 1 saturated heterocycles. The van der Waals surface area contributed by atoms with Gasteiger partial charge < -0.3 is 54.8 Å². The molecular formula is C44H80N12O14S2. The number of hydrogen-bond donors (Lipinski definition) is 11. The molecular weight excluding hydrogens is 985 g/mol. The van der Waals surface area contributed by atoms with E-state index in [0.717, 1.165) is 21.6 Å². The Morgan fingerprint density at radius 1 is 0.569 bits per heavy atom. The van der Waals surface area contributed by atoms with Crippen LogP contribution in [0.2, 0.25) is 0 Å². The Kier molecular flexibility index (Phi) is 41.4. The summed E-state index contributed by atoms with van der Waals surface area (Å²) >= 11 is 4.87. The van der Waals surface area contributed by atoms with Gasteiger partial charge >= 0.3 is 0 Å². The second kappa shape index (κ2) is 40.1. The predicted octanol–water partition coefficient (Wildman–Crippen LogP) is -2.47. The number of imide groups is 2. The standard InChI is InChI=1S/C20H32N6O7S.C15H22N4O5.C5H10N2O2S.4CH4/c1-11(27)24-13(18(21)31)5-3-4-7-23-16(29)6-8-26-17(30)9-15(20(26)33)34-10-14(19(22)32)25-12(2)28;1-10(20)18-11(15(16)24)4-2-3-8-17-12(21)7-9-19-13(22)5-6-14(19)23;1-3(8)7-4(2-10)5(6)9;;;;/h13-15H,3-10H2,1-2H3,(H2,21,31)(H2,22,32)(H,23,29)(H,24,27)(H,25,28);5-6,11H,2-4,7-9H2,1H3,(H2,16,24)(H,17,21)(H,18,20);4,10H,2H2,1H3,(H2,6,9)(H,7,8);4*1H4. The topological polar surface area (TPSA) is 422 Å². The van der Waals surface area contributed by atoms with Crippen LogP contribution in [0.15, 0.2) is 12.2 Å². The second-order valence-corrected chi connectivity index (χ2v) is 16.7. The van der Waals surface area contributed by atoms with Crippen LogP contribution < -0.4 is 54.8 Å². The Bertz CT molecular complexity index is 1890. The van der Waals surface area contributed by atoms with Crippen LogP contribution in [0.1, 0.15) is 115 Å². The van der Waals surface area contributed by atoms with Crippen LogP contribution >= 0.6 is 24.4 Å². The number of carbonyl (C=O) groups excluding carboxylic acids is 14. The highest BCUT2D eigenvalue weighted by Gasteiger charge is 2.39. The number of unbranched alkanes of at least 4 members (excludes halogenated alkanes) is 2. The van der Waals surface area contributed by atoms with Crippen molar-refractivity contribution in [1.29, 1.82) is 0 Å². The van der Waals surface area contributed by atoms with Crippen molar-refractivity contribution in [2.24, 2.45) is 22.9 Å². The normalized spacial score (nSPS) is 14.7. The van der Waals surface area contributed by atoms with Crippen molar-refractivity contribution in [2.75, 3.05) is 37.7 Å². The Morgan fingerprint density at radius 3 is 1.25 bits per heavy atom. The molecule has 0 aromatic rings. The van der Waals surface area contributed by atoms with Crippen molar-refractivity contribution in [1.82, 2.24) is 41.7 Å². The molecule has 0 aromatic heterocycles. The third-order valence-corrected chi connectivity index (χ3v) is 10.9. The van der Waals surface area contributed by atoms with E-state index in [1.54, 1.807) is 0 Å². The van der Waals surface area contributed by atoms with E-state index in [0.29, 0.717) is 51.6 Å². The summed E-state index contributed by atoms with van der Waals surface area (Å²) in [6, 6.07) is -3.08. The summed E-state index contributed by atoms with van der Waals surface area (Å²) in [4.78, 5) is 161. The van der Waals surface area contributed by atoms with E-state index in [-0.39, 0.29) is 103 Å². The number of hydrogen-bond acceptors (Lipinski definition) is 16. The van der Waals surface area contributed by atoms with Crippen molar-refractivity contribution >= 4 is 107 Å². The molecule has 2 aliphatic heterocycles. The summed E-state index contributed by atoms with van der Waals surface area (Å²) in [6.45, 7) is 5.84. The average Bonchev–Trinajstić information content (AvgIpc) is 3.71. The number of amides is 14. The molecule has 0 aromatic carbocycles. The van der Waals surface area contributed by atoms with Gasteiger partial charge in [-0.1, -0.05) is 29.7 Å². The lowest BCUT2D eigenvalue weighted by atomic mass is 10.1. The minimum absolute atomic E-state index is 0. The highest BCUT2D eigenvalue weighted by Crippen LogP contribution is 2.26. The highest BCUT2D eigenvalue weighted by molar-refractivity contribution is 8.00. The van der Waals surface area contributed by atoms with E-state index in [1.807, 2.05) is 0 Å². The van der Waals surface area contributed by atoms with Crippen molar-refractivity contribution < 1.29 is 67.1 Å². The van der Waals surface area contributed by atoms with Gasteiger partial charge in [-0.05, 0) is 38.5 Å². The quantitative estimate of drug-likeness (QED) is 0.0220. The van der Waals surface area contributed by atoms with Crippen molar-refractivity contribution in [2.45, 2.75) is 145 Å². The van der Waals surface area contributed by atoms with Gasteiger partial charge in [0, 0.05) is 96.8 Å². The lowest BCUT2D eigenvalue weighted by molar-refractivity contribution is -0.140. The zero-order chi connectivity index (χ0) is 52.1. The first-order chi connectivity index (χ1) is 31.8. The SMILES string of the molecule is C.C.C.C.CC(=O)NC(CCCCNC(=O)CCN1C(=O)C=CC1=O)C(N)=O.CC(=O)NC(CCCCNC(=O)CCN1C(=O)CC(SCC(NC(C)=O)C(N)=O)C1=O)C(N)=O.CC(=O)NC(CS)C(N)=O. The van der Waals surface area contributed by atoms with Gasteiger partial charge in [-0.2, -0.15) is 12.6 Å². The first-order valence-corrected chi connectivity index (χ1v) is 22.9. The molecule has 0 spiro atoms. The molecule has 412 valence electrons. The van der Waals surface area contributed by atoms with E-state index >= 15 is 0 Å². The number of rotatable bonds is 28. The van der Waals surface area contributed by atoms with Crippen molar-refractivity contribution in [3.05, 3.63) is 12.2 Å². The molecule has 14 amide bonds. The van der Waals surface area contributed by atoms with Gasteiger partial charge in [-0.25, -0.2) is 0 Å². The fraction of sp³-hybridized carbons (Fsp3) is 0.636. The number of thiol groups is 1. The third-order valence-electron chi connectivity index (χ3n) is 9.24. The lowest BCUT2D eigenvalue weighted by Gasteiger charge is -2.17. The Balaban J connectivity index is -0.000000344. The zero-order valence-electron chi connectivity index (χ0n) is 38.4. The van der Waals surface area contributed by atoms with Gasteiger partial charge in [0.05, 0.1) is 5.25 Å². The summed E-state index contributed by atoms with van der Waals surface area (Å²) in [7, 11) is 0. The molecule has 2 rings (SSSR count). The molecule has 14 N–H and O–H groups in total. The van der Waals surface area contributed by atoms with Crippen LogP contribution in [0.4, 0.5) is 0 Å². The molecule has 72 heavy (non-hydrogen) atoms. The maximum absolute atomic E-state index is 12.5. The van der Waals surface area contributed by atoms with Crippen LogP contribution in [-0.4, -0.2) is 160 Å². The molecule has 2 heterocycles. The second-order valence-electron chi connectivity index (χ2n) is 15.1. The van der Waals surface area contributed by atoms with Crippen molar-refractivity contribution in [3.63, 3.8) is 0 Å². The molecule has 28 heteroatoms. The Hall–Kier alpha value is -6.58. The molecule has 5 unspecified atom stereocenters. The van der Waals surface area contributed by atoms with E-state index in [9.17, 15) is 67.1 Å². The molecule has 1 fully saturated rings. The first kappa shape index (κ1) is 74.4. The van der Waals surface area contributed by atoms with Gasteiger partial charge in [0.15, 0.2) is 0 Å². The van der Waals surface area contributed by atoms with E-state index in [2.05, 4.69) is 44.5 Å². The first-order valence-electron chi connectivity index (χ1n) is 21.2. The minimum atomic E-state index is -0.957. The number of nitrogens with two attached hydrogens (primary N) is 4. The van der Waals surface area contributed by atoms with Crippen LogP contribution in [-0.2, 0) is 67.1 Å². The van der Waals surface area contributed by atoms with Gasteiger partial charge in [0.2, 0.25) is 70.9 Å². The molecule has 2 aliphatic rings. The number of nitrogens with one attached hydrogen (secondary N) is 6. The summed E-state index contributed by atoms with van der Waals surface area (Å²) in [5, 5.41) is 14.3. The van der Waals surface area contributed by atoms with E-state index in [1.165, 1.54) is 39.8 Å². The van der Waals surface area contributed by atoms with Gasteiger partial charge in [0.25, 0.3) is 11.8 Å². The number of nitrogens with zero attached hydrogens (tertiary/aromatic N) is 2. The average molecular weight is 1070 g/mol. The summed E-state index contributed by atoms with van der Waals surface area (Å²) < 4.78 is 0. The zero-order valence-corrected chi connectivity index (χ0v) is 40.1. The molecule has 0 aliphatic carbocycles. The van der Waals surface area contributed by atoms with E-state index < -0.39 is 82.6 Å². The largest absolute Gasteiger partial charge is 0.368 e. The van der Waals surface area contributed by atoms with Crippen LogP contribution in [0.25, 0.3) is 0 Å². The summed E-state index contributed by atoms with van der Waals surface area (Å²) in [5.74, 6) is -5.96. The molecule has 0 radical (unpaired) electrons. The van der Waals surface area contributed by atoms with Crippen LogP contribution in [0, 0.1) is 0 Å². The fourth-order valence-electron chi connectivity index (χ4n) is 5.84. The predicted molar refractivity (Wildman–Crippen MR) is 274 cm³/mol. The molecule has 0 bridgehead atoms. The van der Waals surface area contributed by atoms with E-state index in [4.69, 9.17) is 22.9 Å². The van der Waals surface area contributed by atoms with Gasteiger partial charge in [-0.15, -0.1) is 11.8 Å². The monoisotopic (exact) mass is 1060 g/mol. The Labute approximate surface area is 431 Å². The van der Waals surface area contributed by atoms with Crippen LogP contribution in [0.5, 0.6) is 0 Å². The van der Waals surface area contributed by atoms with Gasteiger partial charge in [-0.3, -0.25) is 76.9 Å². The van der Waals surface area contributed by atoms with Crippen LogP contribution in [0.3, 0.4) is 0 Å². The van der Waals surface area contributed by atoms with Gasteiger partial charge in [0.1, 0.15) is 24.2 Å². The maximum atomic E-state index is 12.5. The smallest absolute Gasteiger partial charge is 0.253 e. The number of likely N-dealkylation sites (tertiary alicyclic amines) is 1. The molecule has 26 nitrogen and oxygen atoms in total. The van der Waals surface area contributed by atoms with Crippen molar-refractivity contribution in [3.8, 4) is 0 Å². The summed E-state index contributed by atoms with van der Waals surface area (Å²) in [6.07, 6.45) is 5.29. The third kappa shape index (κ3) is 32.3. The molecule has 5 atom stereocenters. The molecule has 0 saturated carbocycles.